The Labute approximate surface area is 195 Å². The van der Waals surface area contributed by atoms with Crippen LogP contribution in [-0.4, -0.2) is 27.0 Å². The number of aromatic nitrogens is 3. The van der Waals surface area contributed by atoms with E-state index in [1.165, 1.54) is 4.68 Å². The molecule has 2 aromatic carbocycles. The highest BCUT2D eigenvalue weighted by Crippen LogP contribution is 2.23. The minimum Gasteiger partial charge on any atom is -0.494 e. The van der Waals surface area contributed by atoms with Crippen LogP contribution in [0.5, 0.6) is 5.75 Å². The number of fused-ring (bicyclic) bond motifs is 1. The number of benzene rings is 2. The fourth-order valence-corrected chi connectivity index (χ4v) is 3.82. The molecular weight excluding hydrogens is 468 g/mol. The summed E-state index contributed by atoms with van der Waals surface area (Å²) in [5, 5.41) is 5.10. The highest BCUT2D eigenvalue weighted by atomic mass is 79.9. The summed E-state index contributed by atoms with van der Waals surface area (Å²) < 4.78 is 9.77. The molecule has 32 heavy (non-hydrogen) atoms. The van der Waals surface area contributed by atoms with Gasteiger partial charge in [0.2, 0.25) is 0 Å². The Morgan fingerprint density at radius 1 is 1.12 bits per heavy atom. The summed E-state index contributed by atoms with van der Waals surface area (Å²) in [4.78, 5) is 18.1. The molecule has 6 nitrogen and oxygen atoms in total. The maximum absolute atomic E-state index is 13.3. The molecule has 0 amide bonds. The molecule has 0 fully saturated rings. The van der Waals surface area contributed by atoms with Gasteiger partial charge < -0.3 is 9.30 Å². The third kappa shape index (κ3) is 4.39. The molecular formula is C25H25BrN4O2. The van der Waals surface area contributed by atoms with Gasteiger partial charge in [-0.3, -0.25) is 4.79 Å². The van der Waals surface area contributed by atoms with Crippen molar-refractivity contribution in [1.29, 1.82) is 0 Å². The van der Waals surface area contributed by atoms with Crippen molar-refractivity contribution in [2.45, 2.75) is 33.1 Å². The molecule has 0 aliphatic carbocycles. The summed E-state index contributed by atoms with van der Waals surface area (Å²) in [7, 11) is 0. The lowest BCUT2D eigenvalue weighted by Gasteiger charge is -2.21. The SMILES string of the molecule is CCOc1ccc(-n2cccc2C=Nn2c(C(C)(C)C)nc3ccc(Br)cc3c2=O)cc1. The normalized spacial score (nSPS) is 12.0. The van der Waals surface area contributed by atoms with Gasteiger partial charge in [-0.2, -0.15) is 9.78 Å². The Bertz CT molecular complexity index is 1350. The first-order valence-corrected chi connectivity index (χ1v) is 11.2. The average Bonchev–Trinajstić information content (AvgIpc) is 3.22. The van der Waals surface area contributed by atoms with Crippen LogP contribution in [0.1, 0.15) is 39.2 Å². The predicted octanol–water partition coefficient (Wildman–Crippen LogP) is 5.53. The Balaban J connectivity index is 1.79. The molecule has 2 heterocycles. The van der Waals surface area contributed by atoms with Crippen molar-refractivity contribution >= 4 is 33.0 Å². The second kappa shape index (κ2) is 8.74. The largest absolute Gasteiger partial charge is 0.494 e. The van der Waals surface area contributed by atoms with Crippen LogP contribution in [0.4, 0.5) is 0 Å². The van der Waals surface area contributed by atoms with Crippen molar-refractivity contribution < 1.29 is 4.74 Å². The van der Waals surface area contributed by atoms with Crippen LogP contribution < -0.4 is 10.3 Å². The molecule has 7 heteroatoms. The second-order valence-electron chi connectivity index (χ2n) is 8.44. The van der Waals surface area contributed by atoms with E-state index in [1.54, 1.807) is 12.3 Å². The first-order chi connectivity index (χ1) is 15.3. The first kappa shape index (κ1) is 22.0. The zero-order valence-corrected chi connectivity index (χ0v) is 20.1. The van der Waals surface area contributed by atoms with Crippen LogP contribution in [0.25, 0.3) is 16.6 Å². The molecule has 0 unspecified atom stereocenters. The zero-order chi connectivity index (χ0) is 22.9. The Morgan fingerprint density at radius 3 is 2.56 bits per heavy atom. The molecule has 0 spiro atoms. The number of hydrogen-bond donors (Lipinski definition) is 0. The average molecular weight is 493 g/mol. The van der Waals surface area contributed by atoms with Crippen molar-refractivity contribution in [3.63, 3.8) is 0 Å². The molecule has 164 valence electrons. The van der Waals surface area contributed by atoms with Gasteiger partial charge in [0.1, 0.15) is 11.6 Å². The number of nitrogens with zero attached hydrogens (tertiary/aromatic N) is 4. The smallest absolute Gasteiger partial charge is 0.282 e. The highest BCUT2D eigenvalue weighted by molar-refractivity contribution is 9.10. The summed E-state index contributed by atoms with van der Waals surface area (Å²) in [6, 6.07) is 17.3. The predicted molar refractivity (Wildman–Crippen MR) is 132 cm³/mol. The molecule has 4 aromatic rings. The van der Waals surface area contributed by atoms with Gasteiger partial charge in [-0.15, -0.1) is 0 Å². The number of rotatable bonds is 5. The van der Waals surface area contributed by atoms with Crippen LogP contribution in [0, 0.1) is 0 Å². The van der Waals surface area contributed by atoms with Gasteiger partial charge in [-0.1, -0.05) is 36.7 Å². The van der Waals surface area contributed by atoms with Gasteiger partial charge in [-0.25, -0.2) is 4.98 Å². The molecule has 4 rings (SSSR count). The summed E-state index contributed by atoms with van der Waals surface area (Å²) in [5.41, 5.74) is 1.91. The molecule has 0 bridgehead atoms. The van der Waals surface area contributed by atoms with Crippen molar-refractivity contribution in [2.24, 2.45) is 5.10 Å². The highest BCUT2D eigenvalue weighted by Gasteiger charge is 2.23. The molecule has 0 saturated heterocycles. The number of halogens is 1. The summed E-state index contributed by atoms with van der Waals surface area (Å²) in [6.45, 7) is 8.65. The van der Waals surface area contributed by atoms with E-state index in [0.29, 0.717) is 23.3 Å². The van der Waals surface area contributed by atoms with Gasteiger partial charge in [0.15, 0.2) is 0 Å². The van der Waals surface area contributed by atoms with Crippen molar-refractivity contribution in [3.8, 4) is 11.4 Å². The lowest BCUT2D eigenvalue weighted by molar-refractivity contribution is 0.340. The lowest BCUT2D eigenvalue weighted by atomic mass is 9.95. The van der Waals surface area contributed by atoms with E-state index in [-0.39, 0.29) is 11.0 Å². The third-order valence-electron chi connectivity index (χ3n) is 4.99. The molecule has 2 aromatic heterocycles. The standard InChI is InChI=1S/C25H25BrN4O2/c1-5-32-20-11-9-18(10-12-20)29-14-6-7-19(29)16-27-30-23(31)21-15-17(26)8-13-22(21)28-24(30)25(2,3)4/h6-16H,5H2,1-4H3. The maximum atomic E-state index is 13.3. The van der Waals surface area contributed by atoms with Gasteiger partial charge >= 0.3 is 0 Å². The number of ether oxygens (including phenoxy) is 1. The topological polar surface area (TPSA) is 61.4 Å². The number of hydrogen-bond acceptors (Lipinski definition) is 4. The minimum atomic E-state index is -0.366. The van der Waals surface area contributed by atoms with E-state index in [9.17, 15) is 4.79 Å². The fourth-order valence-electron chi connectivity index (χ4n) is 3.46. The van der Waals surface area contributed by atoms with Crippen LogP contribution in [0.2, 0.25) is 0 Å². The molecule has 0 atom stereocenters. The fraction of sp³-hybridized carbons (Fsp3) is 0.240. The van der Waals surface area contributed by atoms with Crippen molar-refractivity contribution in [1.82, 2.24) is 14.2 Å². The van der Waals surface area contributed by atoms with Gasteiger partial charge in [0, 0.05) is 21.8 Å². The van der Waals surface area contributed by atoms with Gasteiger partial charge in [0.25, 0.3) is 5.56 Å². The van der Waals surface area contributed by atoms with E-state index in [2.05, 4.69) is 21.0 Å². The summed E-state index contributed by atoms with van der Waals surface area (Å²) >= 11 is 3.44. The van der Waals surface area contributed by atoms with Crippen LogP contribution in [-0.2, 0) is 5.41 Å². The monoisotopic (exact) mass is 492 g/mol. The molecule has 0 radical (unpaired) electrons. The molecule has 0 aliphatic rings. The molecule has 0 N–H and O–H groups in total. The maximum Gasteiger partial charge on any atom is 0.282 e. The van der Waals surface area contributed by atoms with Crippen LogP contribution in [0.15, 0.2) is 75.2 Å². The Morgan fingerprint density at radius 2 is 1.88 bits per heavy atom. The van der Waals surface area contributed by atoms with E-state index < -0.39 is 0 Å². The lowest BCUT2D eigenvalue weighted by Crippen LogP contribution is -2.29. The van der Waals surface area contributed by atoms with Crippen molar-refractivity contribution in [3.05, 3.63) is 87.1 Å². The summed E-state index contributed by atoms with van der Waals surface area (Å²) in [6.07, 6.45) is 3.65. The Kier molecular flexibility index (Phi) is 6.02. The Hall–Kier alpha value is -3.19. The van der Waals surface area contributed by atoms with E-state index >= 15 is 0 Å². The van der Waals surface area contributed by atoms with Crippen molar-refractivity contribution in [2.75, 3.05) is 6.61 Å². The summed E-state index contributed by atoms with van der Waals surface area (Å²) in [5.74, 6) is 1.43. The van der Waals surface area contributed by atoms with Crippen LogP contribution >= 0.6 is 15.9 Å². The molecule has 0 aliphatic heterocycles. The minimum absolute atomic E-state index is 0.198. The first-order valence-electron chi connectivity index (χ1n) is 10.5. The van der Waals surface area contributed by atoms with Gasteiger partial charge in [0.05, 0.1) is 29.4 Å². The third-order valence-corrected chi connectivity index (χ3v) is 5.48. The molecule has 0 saturated carbocycles. The van der Waals surface area contributed by atoms with Gasteiger partial charge in [-0.05, 0) is 61.5 Å². The van der Waals surface area contributed by atoms with Crippen LogP contribution in [0.3, 0.4) is 0 Å². The quantitative estimate of drug-likeness (QED) is 0.344. The van der Waals surface area contributed by atoms with E-state index in [1.807, 2.05) is 87.0 Å². The van der Waals surface area contributed by atoms with E-state index in [0.717, 1.165) is 21.6 Å². The van der Waals surface area contributed by atoms with E-state index in [4.69, 9.17) is 9.72 Å². The second-order valence-corrected chi connectivity index (χ2v) is 9.35. The zero-order valence-electron chi connectivity index (χ0n) is 18.5.